The molecule has 0 atom stereocenters. The summed E-state index contributed by atoms with van der Waals surface area (Å²) in [6.45, 7) is 3.33. The fraction of sp³-hybridized carbons (Fsp3) is 0.304. The van der Waals surface area contributed by atoms with Crippen molar-refractivity contribution in [2.24, 2.45) is 5.92 Å². The molecule has 29 heavy (non-hydrogen) atoms. The molecule has 0 spiro atoms. The Morgan fingerprint density at radius 2 is 1.79 bits per heavy atom. The molecule has 1 saturated heterocycles. The Morgan fingerprint density at radius 1 is 1.07 bits per heavy atom. The van der Waals surface area contributed by atoms with Crippen LogP contribution in [-0.2, 0) is 11.3 Å². The lowest BCUT2D eigenvalue weighted by molar-refractivity contribution is -0.117. The third-order valence-corrected chi connectivity index (χ3v) is 5.93. The number of hydrogen-bond acceptors (Lipinski definition) is 3. The van der Waals surface area contributed by atoms with Gasteiger partial charge < -0.3 is 9.88 Å². The van der Waals surface area contributed by atoms with Gasteiger partial charge in [0.1, 0.15) is 5.82 Å². The van der Waals surface area contributed by atoms with E-state index < -0.39 is 0 Å². The van der Waals surface area contributed by atoms with Gasteiger partial charge in [0.25, 0.3) is 0 Å². The number of imidazole rings is 1. The van der Waals surface area contributed by atoms with E-state index >= 15 is 0 Å². The van der Waals surface area contributed by atoms with Gasteiger partial charge in [0.2, 0.25) is 5.91 Å². The number of hydrogen-bond donors (Lipinski definition) is 1. The van der Waals surface area contributed by atoms with Crippen LogP contribution in [0.3, 0.4) is 0 Å². The summed E-state index contributed by atoms with van der Waals surface area (Å²) in [7, 11) is 0. The zero-order valence-electron chi connectivity index (χ0n) is 16.3. The molecule has 4 rings (SSSR count). The molecule has 3 aromatic rings. The molecule has 2 aromatic carbocycles. The van der Waals surface area contributed by atoms with Crippen LogP contribution in [-0.4, -0.2) is 40.0 Å². The first-order valence-corrected chi connectivity index (χ1v) is 10.8. The largest absolute Gasteiger partial charge is 0.331 e. The molecule has 0 aliphatic carbocycles. The normalized spacial score (nSPS) is 15.3. The molecule has 1 N–H and O–H groups in total. The van der Waals surface area contributed by atoms with Crippen LogP contribution in [0.1, 0.15) is 12.8 Å². The van der Waals surface area contributed by atoms with E-state index in [2.05, 4.69) is 54.0 Å². The quantitative estimate of drug-likeness (QED) is 0.591. The minimum atomic E-state index is 0.0479. The molecule has 1 aliphatic rings. The molecule has 2 heterocycles. The summed E-state index contributed by atoms with van der Waals surface area (Å²) in [4.78, 5) is 19.1. The fourth-order valence-corrected chi connectivity index (χ4v) is 4.11. The number of piperidine rings is 1. The molecule has 1 amide bonds. The van der Waals surface area contributed by atoms with Crippen LogP contribution in [0.4, 0.5) is 5.69 Å². The number of anilines is 1. The highest BCUT2D eigenvalue weighted by Gasteiger charge is 2.22. The van der Waals surface area contributed by atoms with Crippen LogP contribution in [0, 0.1) is 5.92 Å². The predicted octanol–water partition coefficient (Wildman–Crippen LogP) is 4.66. The van der Waals surface area contributed by atoms with Crippen molar-refractivity contribution in [3.05, 3.63) is 71.5 Å². The number of halogens is 1. The van der Waals surface area contributed by atoms with Crippen LogP contribution in [0.15, 0.2) is 71.5 Å². The van der Waals surface area contributed by atoms with Gasteiger partial charge in [-0.3, -0.25) is 9.69 Å². The zero-order valence-corrected chi connectivity index (χ0v) is 17.9. The molecule has 6 heteroatoms. The van der Waals surface area contributed by atoms with Crippen molar-refractivity contribution in [3.8, 4) is 11.4 Å². The van der Waals surface area contributed by atoms with E-state index in [1.807, 2.05) is 48.7 Å². The Morgan fingerprint density at radius 3 is 2.52 bits per heavy atom. The van der Waals surface area contributed by atoms with Crippen molar-refractivity contribution >= 4 is 27.5 Å². The van der Waals surface area contributed by atoms with E-state index in [9.17, 15) is 4.79 Å². The van der Waals surface area contributed by atoms with Crippen LogP contribution in [0.5, 0.6) is 0 Å². The van der Waals surface area contributed by atoms with E-state index in [-0.39, 0.29) is 5.91 Å². The highest BCUT2D eigenvalue weighted by molar-refractivity contribution is 9.10. The van der Waals surface area contributed by atoms with Crippen LogP contribution < -0.4 is 5.32 Å². The van der Waals surface area contributed by atoms with Gasteiger partial charge in [0, 0.05) is 34.7 Å². The Labute approximate surface area is 179 Å². The van der Waals surface area contributed by atoms with Gasteiger partial charge in [-0.1, -0.05) is 46.3 Å². The number of amides is 1. The second-order valence-corrected chi connectivity index (χ2v) is 8.46. The molecule has 5 nitrogen and oxygen atoms in total. The van der Waals surface area contributed by atoms with Crippen molar-refractivity contribution in [1.82, 2.24) is 14.5 Å². The van der Waals surface area contributed by atoms with Crippen molar-refractivity contribution in [3.63, 3.8) is 0 Å². The molecule has 1 aromatic heterocycles. The molecule has 150 valence electrons. The van der Waals surface area contributed by atoms with Gasteiger partial charge in [-0.05, 0) is 56.1 Å². The van der Waals surface area contributed by atoms with Gasteiger partial charge in [-0.15, -0.1) is 0 Å². The summed E-state index contributed by atoms with van der Waals surface area (Å²) < 4.78 is 3.27. The monoisotopic (exact) mass is 452 g/mol. The lowest BCUT2D eigenvalue weighted by Gasteiger charge is -2.31. The SMILES string of the molecule is O=C(CN1CCC(Cn2ccnc2-c2ccccc2)CC1)Nc1ccc(Br)cc1. The van der Waals surface area contributed by atoms with Crippen LogP contribution >= 0.6 is 15.9 Å². The number of aromatic nitrogens is 2. The maximum absolute atomic E-state index is 12.3. The summed E-state index contributed by atoms with van der Waals surface area (Å²) in [6, 6.07) is 18.0. The molecule has 1 fully saturated rings. The number of nitrogens with zero attached hydrogens (tertiary/aromatic N) is 3. The Kier molecular flexibility index (Phi) is 6.42. The highest BCUT2D eigenvalue weighted by Crippen LogP contribution is 2.23. The van der Waals surface area contributed by atoms with E-state index in [1.54, 1.807) is 0 Å². The smallest absolute Gasteiger partial charge is 0.238 e. The maximum atomic E-state index is 12.3. The van der Waals surface area contributed by atoms with Crippen molar-refractivity contribution < 1.29 is 4.79 Å². The third kappa shape index (κ3) is 5.34. The van der Waals surface area contributed by atoms with E-state index in [0.717, 1.165) is 54.0 Å². The Hall–Kier alpha value is -2.44. The van der Waals surface area contributed by atoms with Gasteiger partial charge in [-0.25, -0.2) is 4.98 Å². The molecular formula is C23H25BrN4O. The van der Waals surface area contributed by atoms with Crippen molar-refractivity contribution in [2.75, 3.05) is 25.0 Å². The lowest BCUT2D eigenvalue weighted by Crippen LogP contribution is -2.40. The number of carbonyl (C=O) groups is 1. The van der Waals surface area contributed by atoms with E-state index in [1.165, 1.54) is 0 Å². The first kappa shape index (κ1) is 19.9. The lowest BCUT2D eigenvalue weighted by atomic mass is 9.96. The number of likely N-dealkylation sites (tertiary alicyclic amines) is 1. The van der Waals surface area contributed by atoms with Gasteiger partial charge >= 0.3 is 0 Å². The van der Waals surface area contributed by atoms with Crippen LogP contribution in [0.25, 0.3) is 11.4 Å². The van der Waals surface area contributed by atoms with E-state index in [4.69, 9.17) is 0 Å². The molecule has 0 saturated carbocycles. The minimum Gasteiger partial charge on any atom is -0.331 e. The highest BCUT2D eigenvalue weighted by atomic mass is 79.9. The molecule has 1 aliphatic heterocycles. The van der Waals surface area contributed by atoms with Crippen molar-refractivity contribution in [2.45, 2.75) is 19.4 Å². The summed E-state index contributed by atoms with van der Waals surface area (Å²) in [5, 5.41) is 2.98. The molecule has 0 unspecified atom stereocenters. The summed E-state index contributed by atoms with van der Waals surface area (Å²) in [5.74, 6) is 1.69. The Bertz CT molecular complexity index is 931. The number of nitrogens with one attached hydrogen (secondary N) is 1. The summed E-state index contributed by atoms with van der Waals surface area (Å²) in [5.41, 5.74) is 1.99. The zero-order chi connectivity index (χ0) is 20.1. The van der Waals surface area contributed by atoms with Gasteiger partial charge in [0.15, 0.2) is 0 Å². The van der Waals surface area contributed by atoms with Crippen LogP contribution in [0.2, 0.25) is 0 Å². The second kappa shape index (κ2) is 9.37. The molecule has 0 radical (unpaired) electrons. The number of rotatable bonds is 6. The average molecular weight is 453 g/mol. The second-order valence-electron chi connectivity index (χ2n) is 7.54. The van der Waals surface area contributed by atoms with Gasteiger partial charge in [0.05, 0.1) is 6.54 Å². The third-order valence-electron chi connectivity index (χ3n) is 5.40. The molecule has 0 bridgehead atoms. The first-order chi connectivity index (χ1) is 14.2. The average Bonchev–Trinajstić information content (AvgIpc) is 3.20. The maximum Gasteiger partial charge on any atom is 0.238 e. The van der Waals surface area contributed by atoms with E-state index in [0.29, 0.717) is 12.5 Å². The summed E-state index contributed by atoms with van der Waals surface area (Å²) >= 11 is 3.41. The minimum absolute atomic E-state index is 0.0479. The first-order valence-electron chi connectivity index (χ1n) is 10.0. The molecular weight excluding hydrogens is 428 g/mol. The van der Waals surface area contributed by atoms with Crippen molar-refractivity contribution in [1.29, 1.82) is 0 Å². The number of benzene rings is 2. The topological polar surface area (TPSA) is 50.2 Å². The standard InChI is InChI=1S/C23H25BrN4O/c24-20-6-8-21(9-7-20)26-22(29)17-27-13-10-18(11-14-27)16-28-15-12-25-23(28)19-4-2-1-3-5-19/h1-9,12,15,18H,10-11,13-14,16-17H2,(H,26,29). The summed E-state index contributed by atoms with van der Waals surface area (Å²) in [6.07, 6.45) is 6.14. The fourth-order valence-electron chi connectivity index (χ4n) is 3.85. The Balaban J connectivity index is 1.26. The number of carbonyl (C=O) groups excluding carboxylic acids is 1. The van der Waals surface area contributed by atoms with Gasteiger partial charge in [-0.2, -0.15) is 0 Å². The predicted molar refractivity (Wildman–Crippen MR) is 120 cm³/mol.